The molecule has 2 N–H and O–H groups in total. The number of aromatic nitrogens is 2. The van der Waals surface area contributed by atoms with Gasteiger partial charge in [-0.25, -0.2) is 4.98 Å². The van der Waals surface area contributed by atoms with E-state index in [2.05, 4.69) is 21.9 Å². The van der Waals surface area contributed by atoms with Crippen LogP contribution >= 0.6 is 0 Å². The van der Waals surface area contributed by atoms with E-state index in [4.69, 9.17) is 5.26 Å². The maximum Gasteiger partial charge on any atom is 0.291 e. The topological polar surface area (TPSA) is 81.6 Å². The fourth-order valence-corrected chi connectivity index (χ4v) is 0.884. The molecule has 1 aromatic rings. The number of carbonyl (C=O) groups excluding carboxylic acids is 1. The van der Waals surface area contributed by atoms with Gasteiger partial charge in [0.1, 0.15) is 11.8 Å². The number of amides is 1. The molecule has 1 amide bonds. The average molecular weight is 214 g/mol. The number of carbonyl (C=O) groups is 1. The number of H-pyrrole nitrogens is 1. The van der Waals surface area contributed by atoms with Crippen LogP contribution in [0.5, 0.6) is 0 Å². The maximum absolute atomic E-state index is 11.4. The first-order chi connectivity index (χ1) is 7.77. The molecule has 0 aromatic carbocycles. The summed E-state index contributed by atoms with van der Waals surface area (Å²) in [6.45, 7) is 3.50. The molecule has 0 aliphatic rings. The van der Waals surface area contributed by atoms with E-state index >= 15 is 0 Å². The molecule has 16 heavy (non-hydrogen) atoms. The minimum Gasteiger partial charge on any atom is -0.326 e. The Morgan fingerprint density at radius 1 is 1.56 bits per heavy atom. The fourth-order valence-electron chi connectivity index (χ4n) is 0.884. The van der Waals surface area contributed by atoms with E-state index in [0.717, 1.165) is 0 Å². The van der Waals surface area contributed by atoms with Crippen molar-refractivity contribution in [2.45, 2.75) is 0 Å². The van der Waals surface area contributed by atoms with Gasteiger partial charge >= 0.3 is 0 Å². The first-order valence-electron chi connectivity index (χ1n) is 4.48. The molecule has 0 saturated carbocycles. The summed E-state index contributed by atoms with van der Waals surface area (Å²) < 4.78 is 0. The lowest BCUT2D eigenvalue weighted by molar-refractivity contribution is 0.0961. The highest BCUT2D eigenvalue weighted by Gasteiger charge is 2.07. The van der Waals surface area contributed by atoms with Crippen molar-refractivity contribution in [1.82, 2.24) is 15.3 Å². The van der Waals surface area contributed by atoms with Crippen LogP contribution < -0.4 is 5.32 Å². The van der Waals surface area contributed by atoms with Gasteiger partial charge in [0.2, 0.25) is 0 Å². The summed E-state index contributed by atoms with van der Waals surface area (Å²) in [5.41, 5.74) is 0.251. The van der Waals surface area contributed by atoms with E-state index in [-0.39, 0.29) is 11.5 Å². The number of nitrogens with zero attached hydrogens (tertiary/aromatic N) is 2. The SMILES string of the molecule is C=C/C=C\C=C\NC(=O)c1ncc(C#N)[nH]1. The molecule has 0 atom stereocenters. The van der Waals surface area contributed by atoms with Gasteiger partial charge in [-0.3, -0.25) is 4.79 Å². The fraction of sp³-hybridized carbons (Fsp3) is 0. The van der Waals surface area contributed by atoms with Crippen LogP contribution in [0, 0.1) is 11.3 Å². The van der Waals surface area contributed by atoms with Gasteiger partial charge in [0.25, 0.3) is 5.91 Å². The molecule has 0 aliphatic heterocycles. The van der Waals surface area contributed by atoms with E-state index in [1.807, 2.05) is 6.07 Å². The van der Waals surface area contributed by atoms with Crippen LogP contribution in [-0.2, 0) is 0 Å². The van der Waals surface area contributed by atoms with Gasteiger partial charge in [0.05, 0.1) is 6.20 Å². The summed E-state index contributed by atoms with van der Waals surface area (Å²) in [6, 6.07) is 1.85. The van der Waals surface area contributed by atoms with Crippen molar-refractivity contribution < 1.29 is 4.79 Å². The molecule has 1 heterocycles. The van der Waals surface area contributed by atoms with Crippen molar-refractivity contribution in [3.63, 3.8) is 0 Å². The van der Waals surface area contributed by atoms with Crippen LogP contribution in [0.3, 0.4) is 0 Å². The summed E-state index contributed by atoms with van der Waals surface area (Å²) >= 11 is 0. The molecule has 80 valence electrons. The zero-order valence-electron chi connectivity index (χ0n) is 8.47. The van der Waals surface area contributed by atoms with E-state index in [1.165, 1.54) is 12.4 Å². The van der Waals surface area contributed by atoms with Gasteiger partial charge in [0, 0.05) is 6.20 Å². The minimum absolute atomic E-state index is 0.105. The van der Waals surface area contributed by atoms with E-state index < -0.39 is 5.91 Å². The largest absolute Gasteiger partial charge is 0.326 e. The van der Waals surface area contributed by atoms with Gasteiger partial charge in [-0.05, 0) is 6.08 Å². The third-order valence-electron chi connectivity index (χ3n) is 1.58. The van der Waals surface area contributed by atoms with Crippen LogP contribution in [0.1, 0.15) is 16.3 Å². The molecular formula is C11H10N4O. The third kappa shape index (κ3) is 3.27. The highest BCUT2D eigenvalue weighted by Crippen LogP contribution is 1.94. The van der Waals surface area contributed by atoms with E-state index in [0.29, 0.717) is 0 Å². The molecule has 0 fully saturated rings. The molecule has 5 heteroatoms. The maximum atomic E-state index is 11.4. The van der Waals surface area contributed by atoms with E-state index in [9.17, 15) is 4.79 Å². The number of aromatic amines is 1. The molecular weight excluding hydrogens is 204 g/mol. The molecule has 1 aromatic heterocycles. The van der Waals surface area contributed by atoms with Crippen LogP contribution in [0.4, 0.5) is 0 Å². The number of allylic oxidation sites excluding steroid dienone is 4. The summed E-state index contributed by atoms with van der Waals surface area (Å²) in [5.74, 6) is -0.293. The number of nitrogens with one attached hydrogen (secondary N) is 2. The Hall–Kier alpha value is -2.61. The van der Waals surface area contributed by atoms with Gasteiger partial charge in [-0.15, -0.1) is 0 Å². The standard InChI is InChI=1S/C11H10N4O/c1-2-3-4-5-6-13-11(16)10-14-8-9(7-12)15-10/h2-6,8H,1H2,(H,13,16)(H,14,15)/b4-3-,6-5+. The van der Waals surface area contributed by atoms with Gasteiger partial charge in [-0.2, -0.15) is 5.26 Å². The molecule has 0 radical (unpaired) electrons. The van der Waals surface area contributed by atoms with Crippen molar-refractivity contribution in [3.8, 4) is 6.07 Å². The first-order valence-corrected chi connectivity index (χ1v) is 4.48. The van der Waals surface area contributed by atoms with Crippen LogP contribution in [0.15, 0.2) is 43.3 Å². The smallest absolute Gasteiger partial charge is 0.291 e. The third-order valence-corrected chi connectivity index (χ3v) is 1.58. The van der Waals surface area contributed by atoms with Crippen LogP contribution in [-0.4, -0.2) is 15.9 Å². The first kappa shape index (κ1) is 11.5. The molecule has 0 saturated heterocycles. The number of rotatable bonds is 4. The Kier molecular flexibility index (Phi) is 4.29. The Bertz CT molecular complexity index is 476. The quantitative estimate of drug-likeness (QED) is 0.740. The monoisotopic (exact) mass is 214 g/mol. The zero-order valence-corrected chi connectivity index (χ0v) is 8.47. The van der Waals surface area contributed by atoms with Crippen LogP contribution in [0.2, 0.25) is 0 Å². The van der Waals surface area contributed by atoms with Crippen molar-refractivity contribution in [2.75, 3.05) is 0 Å². The molecule has 5 nitrogen and oxygen atoms in total. The number of hydrogen-bond acceptors (Lipinski definition) is 3. The summed E-state index contributed by atoms with van der Waals surface area (Å²) in [5, 5.41) is 11.0. The molecule has 0 bridgehead atoms. The second kappa shape index (κ2) is 5.98. The van der Waals surface area contributed by atoms with Gasteiger partial charge in [-0.1, -0.05) is 24.8 Å². The van der Waals surface area contributed by atoms with Crippen molar-refractivity contribution >= 4 is 5.91 Å². The molecule has 0 aliphatic carbocycles. The Labute approximate surface area is 92.8 Å². The minimum atomic E-state index is -0.398. The second-order valence-corrected chi connectivity index (χ2v) is 2.71. The van der Waals surface area contributed by atoms with Crippen molar-refractivity contribution in [1.29, 1.82) is 5.26 Å². The predicted molar refractivity (Wildman–Crippen MR) is 59.2 cm³/mol. The molecule has 0 unspecified atom stereocenters. The summed E-state index contributed by atoms with van der Waals surface area (Å²) in [7, 11) is 0. The predicted octanol–water partition coefficient (Wildman–Crippen LogP) is 1.27. The lowest BCUT2D eigenvalue weighted by atomic mass is 10.4. The molecule has 1 rings (SSSR count). The van der Waals surface area contributed by atoms with Gasteiger partial charge in [0.15, 0.2) is 5.82 Å². The normalized spacial score (nSPS) is 10.4. The lowest BCUT2D eigenvalue weighted by Gasteiger charge is -1.93. The van der Waals surface area contributed by atoms with Crippen molar-refractivity contribution in [2.24, 2.45) is 0 Å². The Morgan fingerprint density at radius 2 is 2.38 bits per heavy atom. The second-order valence-electron chi connectivity index (χ2n) is 2.71. The lowest BCUT2D eigenvalue weighted by Crippen LogP contribution is -2.18. The molecule has 0 spiro atoms. The Morgan fingerprint density at radius 3 is 3.00 bits per heavy atom. The highest BCUT2D eigenvalue weighted by atomic mass is 16.2. The number of imidazole rings is 1. The zero-order chi connectivity index (χ0) is 11.8. The highest BCUT2D eigenvalue weighted by molar-refractivity contribution is 5.91. The Balaban J connectivity index is 2.53. The average Bonchev–Trinajstić information content (AvgIpc) is 2.77. The number of nitriles is 1. The summed E-state index contributed by atoms with van der Waals surface area (Å²) in [4.78, 5) is 17.7. The number of hydrogen-bond donors (Lipinski definition) is 2. The van der Waals surface area contributed by atoms with E-state index in [1.54, 1.807) is 24.3 Å². The van der Waals surface area contributed by atoms with Crippen LogP contribution in [0.25, 0.3) is 0 Å². The van der Waals surface area contributed by atoms with Gasteiger partial charge < -0.3 is 10.3 Å². The summed E-state index contributed by atoms with van der Waals surface area (Å²) in [6.07, 6.45) is 9.48. The van der Waals surface area contributed by atoms with Crippen molar-refractivity contribution in [3.05, 3.63) is 54.8 Å².